The summed E-state index contributed by atoms with van der Waals surface area (Å²) in [5.74, 6) is 0.533. The Morgan fingerprint density at radius 3 is 2.92 bits per heavy atom. The molecule has 1 atom stereocenters. The maximum atomic E-state index is 13.1. The van der Waals surface area contributed by atoms with Crippen LogP contribution in [-0.2, 0) is 33.7 Å². The molecule has 1 aliphatic carbocycles. The van der Waals surface area contributed by atoms with Crippen molar-refractivity contribution in [3.05, 3.63) is 32.2 Å². The number of Topliss-reactive ketones (excluding diaryl/α,β-unsaturated/α-hetero) is 1. The zero-order valence-corrected chi connectivity index (χ0v) is 15.7. The van der Waals surface area contributed by atoms with E-state index in [0.717, 1.165) is 29.1 Å². The van der Waals surface area contributed by atoms with Crippen LogP contribution in [0.2, 0.25) is 0 Å². The van der Waals surface area contributed by atoms with Gasteiger partial charge >= 0.3 is 5.97 Å². The maximum absolute atomic E-state index is 13.1. The average Bonchev–Trinajstić information content (AvgIpc) is 2.84. The van der Waals surface area contributed by atoms with Crippen LogP contribution in [-0.4, -0.2) is 27.9 Å². The first-order valence-corrected chi connectivity index (χ1v) is 10.1. The number of allylic oxidation sites excluding steroid dienone is 2. The van der Waals surface area contributed by atoms with E-state index < -0.39 is 0 Å². The number of aryl methyl sites for hydroxylation is 1. The van der Waals surface area contributed by atoms with Crippen molar-refractivity contribution in [3.63, 3.8) is 0 Å². The largest absolute Gasteiger partial charge is 0.466 e. The van der Waals surface area contributed by atoms with E-state index in [1.165, 1.54) is 11.8 Å². The monoisotopic (exact) mass is 374 g/mol. The van der Waals surface area contributed by atoms with Crippen molar-refractivity contribution in [1.29, 1.82) is 0 Å². The van der Waals surface area contributed by atoms with E-state index in [2.05, 4.69) is 0 Å². The number of carbonyl (C=O) groups excluding carboxylic acids is 2. The second-order valence-electron chi connectivity index (χ2n) is 7.03. The molecule has 1 unspecified atom stereocenters. The predicted octanol–water partition coefficient (Wildman–Crippen LogP) is 2.41. The third-order valence-electron chi connectivity index (χ3n) is 5.39. The van der Waals surface area contributed by atoms with Crippen LogP contribution in [0, 0.1) is 5.92 Å². The first-order valence-electron chi connectivity index (χ1n) is 9.30. The van der Waals surface area contributed by atoms with Crippen LogP contribution in [0.3, 0.4) is 0 Å². The van der Waals surface area contributed by atoms with E-state index in [0.29, 0.717) is 55.8 Å². The summed E-state index contributed by atoms with van der Waals surface area (Å²) < 4.78 is 6.88. The summed E-state index contributed by atoms with van der Waals surface area (Å²) in [7, 11) is 0. The molecule has 4 rings (SSSR count). The third kappa shape index (κ3) is 3.02. The summed E-state index contributed by atoms with van der Waals surface area (Å²) >= 11 is 1.37. The number of thioether (sulfide) groups is 1. The Morgan fingerprint density at radius 1 is 1.27 bits per heavy atom. The molecule has 0 N–H and O–H groups in total. The van der Waals surface area contributed by atoms with Crippen molar-refractivity contribution >= 4 is 23.5 Å². The van der Waals surface area contributed by atoms with Crippen LogP contribution >= 0.6 is 11.8 Å². The number of aromatic nitrogens is 2. The number of carbonyl (C=O) groups is 2. The number of ether oxygens (including phenoxy) is 1. The lowest BCUT2D eigenvalue weighted by Gasteiger charge is -2.25. The highest BCUT2D eigenvalue weighted by Crippen LogP contribution is 2.41. The molecule has 138 valence electrons. The molecule has 0 radical (unpaired) electrons. The number of esters is 1. The van der Waals surface area contributed by atoms with Gasteiger partial charge in [-0.1, -0.05) is 11.8 Å². The molecule has 0 saturated carbocycles. The summed E-state index contributed by atoms with van der Waals surface area (Å²) in [5, 5.41) is 0.685. The molecule has 3 aliphatic rings. The first kappa shape index (κ1) is 17.5. The predicted molar refractivity (Wildman–Crippen MR) is 97.0 cm³/mol. The lowest BCUT2D eigenvalue weighted by molar-refractivity contribution is -0.148. The Morgan fingerprint density at radius 2 is 2.12 bits per heavy atom. The minimum absolute atomic E-state index is 0.00780. The molecular weight excluding hydrogens is 352 g/mol. The Bertz CT molecular complexity index is 871. The standard InChI is InChI=1S/C19H22N2O4S/c1-2-25-19(24)11-6-7-15-20-17-13(18(23)21(15)9-8-11)10-12-4-3-5-14(22)16(12)26-17/h11H,2-10H2,1H3. The van der Waals surface area contributed by atoms with Gasteiger partial charge in [0.2, 0.25) is 0 Å². The van der Waals surface area contributed by atoms with Gasteiger partial charge in [-0.25, -0.2) is 4.98 Å². The maximum Gasteiger partial charge on any atom is 0.308 e. The molecule has 0 amide bonds. The van der Waals surface area contributed by atoms with Gasteiger partial charge in [-0.05, 0) is 38.2 Å². The van der Waals surface area contributed by atoms with Gasteiger partial charge in [0, 0.05) is 25.8 Å². The Kier molecular flexibility index (Phi) is 4.73. The van der Waals surface area contributed by atoms with Crippen molar-refractivity contribution in [1.82, 2.24) is 9.55 Å². The number of rotatable bonds is 2. The molecule has 0 saturated heterocycles. The van der Waals surface area contributed by atoms with Gasteiger partial charge in [0.1, 0.15) is 10.9 Å². The van der Waals surface area contributed by atoms with Gasteiger partial charge in [-0.15, -0.1) is 0 Å². The molecule has 0 spiro atoms. The summed E-state index contributed by atoms with van der Waals surface area (Å²) in [4.78, 5) is 42.9. The van der Waals surface area contributed by atoms with Crippen LogP contribution in [0.5, 0.6) is 0 Å². The highest BCUT2D eigenvalue weighted by molar-refractivity contribution is 8.04. The molecule has 0 aromatic carbocycles. The summed E-state index contributed by atoms with van der Waals surface area (Å²) in [5.41, 5.74) is 1.80. The lowest BCUT2D eigenvalue weighted by Crippen LogP contribution is -2.31. The van der Waals surface area contributed by atoms with Crippen LogP contribution in [0.1, 0.15) is 50.4 Å². The zero-order chi connectivity index (χ0) is 18.3. The highest BCUT2D eigenvalue weighted by atomic mass is 32.2. The number of nitrogens with zero attached hydrogens (tertiary/aromatic N) is 2. The Balaban J connectivity index is 1.65. The normalized spacial score (nSPS) is 22.2. The molecule has 26 heavy (non-hydrogen) atoms. The van der Waals surface area contributed by atoms with Gasteiger partial charge in [-0.2, -0.15) is 0 Å². The van der Waals surface area contributed by atoms with Gasteiger partial charge < -0.3 is 4.74 Å². The van der Waals surface area contributed by atoms with E-state index in [-0.39, 0.29) is 23.2 Å². The van der Waals surface area contributed by atoms with Crippen LogP contribution < -0.4 is 5.56 Å². The van der Waals surface area contributed by atoms with Crippen molar-refractivity contribution in [2.75, 3.05) is 6.61 Å². The number of hydrogen-bond acceptors (Lipinski definition) is 6. The fourth-order valence-electron chi connectivity index (χ4n) is 4.00. The molecule has 6 nitrogen and oxygen atoms in total. The third-order valence-corrected chi connectivity index (χ3v) is 6.64. The van der Waals surface area contributed by atoms with E-state index in [1.54, 1.807) is 11.5 Å². The second-order valence-corrected chi connectivity index (χ2v) is 8.03. The van der Waals surface area contributed by atoms with Crippen LogP contribution in [0.15, 0.2) is 20.3 Å². The highest BCUT2D eigenvalue weighted by Gasteiger charge is 2.32. The van der Waals surface area contributed by atoms with E-state index in [9.17, 15) is 14.4 Å². The molecule has 2 aliphatic heterocycles. The summed E-state index contributed by atoms with van der Waals surface area (Å²) in [6.07, 6.45) is 4.71. The van der Waals surface area contributed by atoms with Crippen LogP contribution in [0.25, 0.3) is 0 Å². The topological polar surface area (TPSA) is 78.3 Å². The quantitative estimate of drug-likeness (QED) is 0.584. The van der Waals surface area contributed by atoms with Crippen molar-refractivity contribution < 1.29 is 14.3 Å². The first-order chi connectivity index (χ1) is 12.6. The minimum Gasteiger partial charge on any atom is -0.466 e. The average molecular weight is 374 g/mol. The Labute approximate surface area is 156 Å². The molecule has 1 aromatic rings. The fraction of sp³-hybridized carbons (Fsp3) is 0.579. The smallest absolute Gasteiger partial charge is 0.308 e. The van der Waals surface area contributed by atoms with Crippen molar-refractivity contribution in [2.45, 2.75) is 63.4 Å². The molecule has 3 heterocycles. The van der Waals surface area contributed by atoms with Gasteiger partial charge in [0.25, 0.3) is 5.56 Å². The Hall–Kier alpha value is -1.89. The molecular formula is C19H22N2O4S. The summed E-state index contributed by atoms with van der Waals surface area (Å²) in [6, 6.07) is 0. The van der Waals surface area contributed by atoms with E-state index >= 15 is 0 Å². The van der Waals surface area contributed by atoms with Gasteiger partial charge in [0.15, 0.2) is 5.78 Å². The molecule has 7 heteroatoms. The minimum atomic E-state index is -0.186. The van der Waals surface area contributed by atoms with Gasteiger partial charge in [-0.3, -0.25) is 19.0 Å². The lowest BCUT2D eigenvalue weighted by atomic mass is 9.93. The fourth-order valence-corrected chi connectivity index (χ4v) is 5.16. The SMILES string of the molecule is CCOC(=O)C1CCc2nc3c(c(=O)n2CC1)CC1=C(S3)C(=O)CCC1. The molecule has 0 bridgehead atoms. The molecule has 1 aromatic heterocycles. The van der Waals surface area contributed by atoms with Crippen molar-refractivity contribution in [2.24, 2.45) is 5.92 Å². The van der Waals surface area contributed by atoms with E-state index in [1.807, 2.05) is 0 Å². The second kappa shape index (κ2) is 7.02. The number of fused-ring (bicyclic) bond motifs is 2. The van der Waals surface area contributed by atoms with Crippen LogP contribution in [0.4, 0.5) is 0 Å². The number of ketones is 1. The van der Waals surface area contributed by atoms with Gasteiger partial charge in [0.05, 0.1) is 23.0 Å². The molecule has 0 fully saturated rings. The van der Waals surface area contributed by atoms with Crippen molar-refractivity contribution in [3.8, 4) is 0 Å². The summed E-state index contributed by atoms with van der Waals surface area (Å²) in [6.45, 7) is 2.67. The van der Waals surface area contributed by atoms with E-state index in [4.69, 9.17) is 9.72 Å². The zero-order valence-electron chi connectivity index (χ0n) is 14.9. The number of hydrogen-bond donors (Lipinski definition) is 0.